The van der Waals surface area contributed by atoms with Gasteiger partial charge in [-0.3, -0.25) is 9.69 Å². The maximum atomic E-state index is 14.0. The molecule has 0 radical (unpaired) electrons. The molecule has 0 N–H and O–H groups in total. The Morgan fingerprint density at radius 1 is 0.966 bits per heavy atom. The Hall–Kier alpha value is -2.63. The lowest BCUT2D eigenvalue weighted by molar-refractivity contribution is -0.135. The Morgan fingerprint density at radius 3 is 2.48 bits per heavy atom. The van der Waals surface area contributed by atoms with Crippen molar-refractivity contribution in [1.29, 1.82) is 0 Å². The number of halogens is 2. The molecule has 0 saturated carbocycles. The number of hydrogen-bond donors (Lipinski definition) is 0. The molecular weight excluding hydrogens is 391 g/mol. The zero-order chi connectivity index (χ0) is 20.2. The molecule has 150 valence electrons. The number of benzene rings is 3. The molecule has 1 aliphatic rings. The number of piperazine rings is 1. The van der Waals surface area contributed by atoms with E-state index in [9.17, 15) is 9.18 Å². The largest absolute Gasteiger partial charge is 0.484 e. The molecule has 0 atom stereocenters. The van der Waals surface area contributed by atoms with Gasteiger partial charge in [-0.2, -0.15) is 0 Å². The van der Waals surface area contributed by atoms with Crippen molar-refractivity contribution in [3.63, 3.8) is 0 Å². The zero-order valence-electron chi connectivity index (χ0n) is 16.0. The van der Waals surface area contributed by atoms with E-state index in [4.69, 9.17) is 16.3 Å². The van der Waals surface area contributed by atoms with Crippen LogP contribution in [-0.4, -0.2) is 48.5 Å². The highest BCUT2D eigenvalue weighted by Crippen LogP contribution is 2.22. The van der Waals surface area contributed by atoms with Gasteiger partial charge in [0.05, 0.1) is 0 Å². The number of nitrogens with zero attached hydrogens (tertiary/aromatic N) is 2. The molecule has 6 heteroatoms. The highest BCUT2D eigenvalue weighted by Gasteiger charge is 2.22. The smallest absolute Gasteiger partial charge is 0.260 e. The summed E-state index contributed by atoms with van der Waals surface area (Å²) in [5, 5.41) is 2.66. The standard InChI is InChI=1S/C23H22ClFN2O2/c24-21-6-3-7-22(25)20(21)15-26-10-12-27(13-11-26)23(28)16-29-19-9-8-17-4-1-2-5-18(17)14-19/h1-9,14H,10-13,15-16H2. The van der Waals surface area contributed by atoms with Gasteiger partial charge in [-0.15, -0.1) is 0 Å². The third-order valence-electron chi connectivity index (χ3n) is 5.25. The van der Waals surface area contributed by atoms with Crippen molar-refractivity contribution >= 4 is 28.3 Å². The normalized spacial score (nSPS) is 14.9. The van der Waals surface area contributed by atoms with Gasteiger partial charge in [0.25, 0.3) is 5.91 Å². The minimum absolute atomic E-state index is 0.0114. The van der Waals surface area contributed by atoms with E-state index in [0.717, 1.165) is 10.8 Å². The minimum atomic E-state index is -0.292. The van der Waals surface area contributed by atoms with E-state index in [1.807, 2.05) is 42.5 Å². The van der Waals surface area contributed by atoms with Crippen LogP contribution in [-0.2, 0) is 11.3 Å². The molecule has 0 unspecified atom stereocenters. The number of amides is 1. The van der Waals surface area contributed by atoms with E-state index in [1.165, 1.54) is 6.07 Å². The summed E-state index contributed by atoms with van der Waals surface area (Å²) in [6.07, 6.45) is 0. The van der Waals surface area contributed by atoms with Crippen LogP contribution >= 0.6 is 11.6 Å². The molecule has 1 amide bonds. The van der Waals surface area contributed by atoms with E-state index in [0.29, 0.717) is 49.1 Å². The molecule has 29 heavy (non-hydrogen) atoms. The number of ether oxygens (including phenoxy) is 1. The number of fused-ring (bicyclic) bond motifs is 1. The third kappa shape index (κ3) is 4.69. The first-order valence-electron chi connectivity index (χ1n) is 9.65. The molecule has 1 aliphatic heterocycles. The van der Waals surface area contributed by atoms with Crippen LogP contribution in [0, 0.1) is 5.82 Å². The Kier molecular flexibility index (Phi) is 5.97. The van der Waals surface area contributed by atoms with Gasteiger partial charge in [0.2, 0.25) is 0 Å². The lowest BCUT2D eigenvalue weighted by atomic mass is 10.1. The molecule has 4 rings (SSSR count). The molecule has 1 heterocycles. The SMILES string of the molecule is O=C(COc1ccc2ccccc2c1)N1CCN(Cc2c(F)cccc2Cl)CC1. The first kappa shape index (κ1) is 19.7. The van der Waals surface area contributed by atoms with Crippen LogP contribution < -0.4 is 4.74 Å². The Bertz CT molecular complexity index is 998. The summed E-state index contributed by atoms with van der Waals surface area (Å²) in [6.45, 7) is 2.98. The van der Waals surface area contributed by atoms with Crippen LogP contribution in [0.3, 0.4) is 0 Å². The van der Waals surface area contributed by atoms with Gasteiger partial charge in [0.1, 0.15) is 11.6 Å². The Balaban J connectivity index is 1.28. The van der Waals surface area contributed by atoms with E-state index in [2.05, 4.69) is 4.90 Å². The van der Waals surface area contributed by atoms with Crippen molar-refractivity contribution in [2.75, 3.05) is 32.8 Å². The van der Waals surface area contributed by atoms with Gasteiger partial charge < -0.3 is 9.64 Å². The van der Waals surface area contributed by atoms with E-state index >= 15 is 0 Å². The lowest BCUT2D eigenvalue weighted by Crippen LogP contribution is -2.49. The molecular formula is C23H22ClFN2O2. The van der Waals surface area contributed by atoms with Crippen molar-refractivity contribution < 1.29 is 13.9 Å². The summed E-state index contributed by atoms with van der Waals surface area (Å²) < 4.78 is 19.7. The van der Waals surface area contributed by atoms with Crippen LogP contribution in [0.25, 0.3) is 10.8 Å². The summed E-state index contributed by atoms with van der Waals surface area (Å²) in [4.78, 5) is 16.4. The third-order valence-corrected chi connectivity index (χ3v) is 5.61. The molecule has 0 spiro atoms. The highest BCUT2D eigenvalue weighted by atomic mass is 35.5. The first-order chi connectivity index (χ1) is 14.1. The van der Waals surface area contributed by atoms with Gasteiger partial charge in [-0.05, 0) is 35.0 Å². The quantitative estimate of drug-likeness (QED) is 0.624. The van der Waals surface area contributed by atoms with Crippen molar-refractivity contribution in [3.05, 3.63) is 77.1 Å². The fourth-order valence-corrected chi connectivity index (χ4v) is 3.78. The fraction of sp³-hybridized carbons (Fsp3) is 0.261. The van der Waals surface area contributed by atoms with Crippen molar-refractivity contribution in [2.45, 2.75) is 6.54 Å². The maximum Gasteiger partial charge on any atom is 0.260 e. The number of carbonyl (C=O) groups excluding carboxylic acids is 1. The summed E-state index contributed by atoms with van der Waals surface area (Å²) in [5.41, 5.74) is 0.508. The average Bonchev–Trinajstić information content (AvgIpc) is 2.75. The van der Waals surface area contributed by atoms with Crippen LogP contribution in [0.5, 0.6) is 5.75 Å². The van der Waals surface area contributed by atoms with Crippen molar-refractivity contribution in [3.8, 4) is 5.75 Å². The summed E-state index contributed by atoms with van der Waals surface area (Å²) in [7, 11) is 0. The molecule has 3 aromatic rings. The summed E-state index contributed by atoms with van der Waals surface area (Å²) >= 11 is 6.12. The Labute approximate surface area is 174 Å². The van der Waals surface area contributed by atoms with Gasteiger partial charge in [-0.25, -0.2) is 4.39 Å². The molecule has 0 aromatic heterocycles. The van der Waals surface area contributed by atoms with Crippen LogP contribution in [0.1, 0.15) is 5.56 Å². The second kappa shape index (κ2) is 8.80. The van der Waals surface area contributed by atoms with Gasteiger partial charge in [0, 0.05) is 43.3 Å². The maximum absolute atomic E-state index is 14.0. The zero-order valence-corrected chi connectivity index (χ0v) is 16.7. The van der Waals surface area contributed by atoms with Crippen molar-refractivity contribution in [1.82, 2.24) is 9.80 Å². The van der Waals surface area contributed by atoms with E-state index in [-0.39, 0.29) is 18.3 Å². The number of hydrogen-bond acceptors (Lipinski definition) is 3. The molecule has 0 bridgehead atoms. The second-order valence-electron chi connectivity index (χ2n) is 7.15. The fourth-order valence-electron chi connectivity index (χ4n) is 3.56. The van der Waals surface area contributed by atoms with Gasteiger partial charge in [-0.1, -0.05) is 48.0 Å². The molecule has 4 nitrogen and oxygen atoms in total. The topological polar surface area (TPSA) is 32.8 Å². The van der Waals surface area contributed by atoms with Gasteiger partial charge in [0.15, 0.2) is 6.61 Å². The molecule has 1 saturated heterocycles. The van der Waals surface area contributed by atoms with E-state index < -0.39 is 0 Å². The van der Waals surface area contributed by atoms with Gasteiger partial charge >= 0.3 is 0 Å². The van der Waals surface area contributed by atoms with Crippen LogP contribution in [0.15, 0.2) is 60.7 Å². The minimum Gasteiger partial charge on any atom is -0.484 e. The number of carbonyl (C=O) groups is 1. The molecule has 0 aliphatic carbocycles. The van der Waals surface area contributed by atoms with Crippen molar-refractivity contribution in [2.24, 2.45) is 0 Å². The Morgan fingerprint density at radius 2 is 1.72 bits per heavy atom. The number of rotatable bonds is 5. The summed E-state index contributed by atoms with van der Waals surface area (Å²) in [6, 6.07) is 18.6. The molecule has 3 aromatic carbocycles. The van der Waals surface area contributed by atoms with Crippen LogP contribution in [0.2, 0.25) is 5.02 Å². The predicted octanol–water partition coefficient (Wildman–Crippen LogP) is 4.36. The highest BCUT2D eigenvalue weighted by molar-refractivity contribution is 6.31. The summed E-state index contributed by atoms with van der Waals surface area (Å²) in [5.74, 6) is 0.353. The van der Waals surface area contributed by atoms with Crippen LogP contribution in [0.4, 0.5) is 4.39 Å². The molecule has 1 fully saturated rings. The second-order valence-corrected chi connectivity index (χ2v) is 7.56. The lowest BCUT2D eigenvalue weighted by Gasteiger charge is -2.34. The predicted molar refractivity (Wildman–Crippen MR) is 113 cm³/mol. The first-order valence-corrected chi connectivity index (χ1v) is 10.0. The average molecular weight is 413 g/mol. The monoisotopic (exact) mass is 412 g/mol. The van der Waals surface area contributed by atoms with E-state index in [1.54, 1.807) is 17.0 Å².